The molecule has 5 heteroatoms. The van der Waals surface area contributed by atoms with Crippen LogP contribution < -0.4 is 4.94 Å². The number of para-hydroxylation sites is 1. The number of aromatic carboxylic acids is 1. The Hall–Kier alpha value is -0.983. The van der Waals surface area contributed by atoms with Crippen molar-refractivity contribution in [2.75, 3.05) is 0 Å². The number of halogens is 1. The van der Waals surface area contributed by atoms with Gasteiger partial charge in [0.1, 0.15) is 5.56 Å². The molecule has 0 aromatic heterocycles. The van der Waals surface area contributed by atoms with E-state index in [9.17, 15) is 9.32 Å². The van der Waals surface area contributed by atoms with Crippen LogP contribution in [0.15, 0.2) is 24.3 Å². The SMILES string of the molecule is O=C(O)c1ccccc1OF.[LiH]. The standard InChI is InChI=1S/C7H5FO3.Li.H/c8-11-6-4-2-1-3-5(6)7(9)10;;/h1-4H,(H,9,10);;. The van der Waals surface area contributed by atoms with E-state index < -0.39 is 5.97 Å². The van der Waals surface area contributed by atoms with Crippen molar-refractivity contribution < 1.29 is 19.4 Å². The predicted molar refractivity (Wildman–Crippen MR) is 42.3 cm³/mol. The molecule has 0 unspecified atom stereocenters. The van der Waals surface area contributed by atoms with Gasteiger partial charge in [-0.25, -0.2) is 4.79 Å². The number of hydrogen-bond acceptors (Lipinski definition) is 2. The van der Waals surface area contributed by atoms with Gasteiger partial charge < -0.3 is 5.11 Å². The van der Waals surface area contributed by atoms with E-state index in [1.807, 2.05) is 0 Å². The van der Waals surface area contributed by atoms with Crippen molar-refractivity contribution >= 4 is 24.8 Å². The van der Waals surface area contributed by atoms with Gasteiger partial charge in [0.25, 0.3) is 0 Å². The van der Waals surface area contributed by atoms with E-state index in [1.165, 1.54) is 24.3 Å². The molecule has 0 spiro atoms. The fraction of sp³-hybridized carbons (Fsp3) is 0. The zero-order valence-corrected chi connectivity index (χ0v) is 5.45. The maximum absolute atomic E-state index is 11.6. The molecule has 12 heavy (non-hydrogen) atoms. The molecule has 1 N–H and O–H groups in total. The monoisotopic (exact) mass is 164 g/mol. The van der Waals surface area contributed by atoms with E-state index in [4.69, 9.17) is 5.11 Å². The maximum atomic E-state index is 11.6. The number of rotatable bonds is 2. The van der Waals surface area contributed by atoms with Crippen LogP contribution in [0.25, 0.3) is 0 Å². The fourth-order valence-electron chi connectivity index (χ4n) is 0.711. The van der Waals surface area contributed by atoms with Crippen molar-refractivity contribution in [3.8, 4) is 5.75 Å². The van der Waals surface area contributed by atoms with Gasteiger partial charge in [-0.2, -0.15) is 0 Å². The van der Waals surface area contributed by atoms with Crippen LogP contribution in [0.5, 0.6) is 5.75 Å². The van der Waals surface area contributed by atoms with Crippen LogP contribution in [0, 0.1) is 0 Å². The molecule has 0 heterocycles. The molecule has 3 nitrogen and oxygen atoms in total. The minimum atomic E-state index is -1.21. The Labute approximate surface area is 80.2 Å². The van der Waals surface area contributed by atoms with Crippen molar-refractivity contribution in [3.05, 3.63) is 29.8 Å². The summed E-state index contributed by atoms with van der Waals surface area (Å²) < 4.78 is 11.6. The molecule has 1 rings (SSSR count). The van der Waals surface area contributed by atoms with Crippen molar-refractivity contribution in [1.29, 1.82) is 0 Å². The Morgan fingerprint density at radius 3 is 2.42 bits per heavy atom. The Balaban J connectivity index is 0.00000121. The first-order valence-corrected chi connectivity index (χ1v) is 2.86. The van der Waals surface area contributed by atoms with E-state index in [-0.39, 0.29) is 30.2 Å². The van der Waals surface area contributed by atoms with Crippen LogP contribution >= 0.6 is 0 Å². The van der Waals surface area contributed by atoms with Crippen LogP contribution in [0.3, 0.4) is 0 Å². The number of hydrogen-bond donors (Lipinski definition) is 1. The van der Waals surface area contributed by atoms with Crippen LogP contribution in [0.4, 0.5) is 4.53 Å². The molecule has 60 valence electrons. The second kappa shape index (κ2) is 4.81. The van der Waals surface area contributed by atoms with E-state index in [0.29, 0.717) is 0 Å². The molecule has 0 aliphatic carbocycles. The second-order valence-electron chi connectivity index (χ2n) is 1.88. The van der Waals surface area contributed by atoms with Gasteiger partial charge in [0.05, 0.1) is 0 Å². The van der Waals surface area contributed by atoms with Gasteiger partial charge in [-0.15, -0.1) is 0 Å². The van der Waals surface area contributed by atoms with Gasteiger partial charge >= 0.3 is 24.8 Å². The molecular weight excluding hydrogens is 158 g/mol. The third-order valence-electron chi connectivity index (χ3n) is 1.20. The molecule has 0 aliphatic heterocycles. The Morgan fingerprint density at radius 1 is 1.42 bits per heavy atom. The summed E-state index contributed by atoms with van der Waals surface area (Å²) in [7, 11) is 0. The van der Waals surface area contributed by atoms with E-state index in [2.05, 4.69) is 4.94 Å². The molecule has 0 bridgehead atoms. The van der Waals surface area contributed by atoms with Gasteiger partial charge in [-0.1, -0.05) is 12.1 Å². The zero-order chi connectivity index (χ0) is 8.27. The van der Waals surface area contributed by atoms with Crippen molar-refractivity contribution in [1.82, 2.24) is 0 Å². The Kier molecular flexibility index (Phi) is 4.41. The fourth-order valence-corrected chi connectivity index (χ4v) is 0.711. The topological polar surface area (TPSA) is 46.5 Å². The third-order valence-corrected chi connectivity index (χ3v) is 1.20. The van der Waals surface area contributed by atoms with Gasteiger partial charge in [-0.05, 0) is 12.1 Å². The van der Waals surface area contributed by atoms with Gasteiger partial charge in [0.2, 0.25) is 0 Å². The summed E-state index contributed by atoms with van der Waals surface area (Å²) in [5, 5.41) is 8.45. The summed E-state index contributed by atoms with van der Waals surface area (Å²) in [6, 6.07) is 5.48. The molecule has 0 amide bonds. The van der Waals surface area contributed by atoms with Gasteiger partial charge in [-0.3, -0.25) is 4.94 Å². The minimum absolute atomic E-state index is 0. The first-order chi connectivity index (χ1) is 5.25. The average molecular weight is 164 g/mol. The quantitative estimate of drug-likeness (QED) is 0.663. The van der Waals surface area contributed by atoms with E-state index >= 15 is 0 Å². The molecule has 0 aliphatic rings. The number of carboxylic acid groups (broad SMARTS) is 1. The molecule has 0 saturated heterocycles. The van der Waals surface area contributed by atoms with Crippen molar-refractivity contribution in [2.24, 2.45) is 0 Å². The first-order valence-electron chi connectivity index (χ1n) is 2.86. The van der Waals surface area contributed by atoms with E-state index in [1.54, 1.807) is 0 Å². The van der Waals surface area contributed by atoms with Crippen LogP contribution in [0.2, 0.25) is 0 Å². The summed E-state index contributed by atoms with van der Waals surface area (Å²) in [4.78, 5) is 13.7. The summed E-state index contributed by atoms with van der Waals surface area (Å²) in [6.45, 7) is 0. The third kappa shape index (κ3) is 2.26. The molecular formula is C7H6FLiO3. The zero-order valence-electron chi connectivity index (χ0n) is 5.45. The molecule has 1 aromatic rings. The first kappa shape index (κ1) is 11.0. The molecule has 0 atom stereocenters. The van der Waals surface area contributed by atoms with Crippen LogP contribution in [0.1, 0.15) is 10.4 Å². The van der Waals surface area contributed by atoms with Crippen molar-refractivity contribution in [2.45, 2.75) is 0 Å². The van der Waals surface area contributed by atoms with Gasteiger partial charge in [0, 0.05) is 4.53 Å². The van der Waals surface area contributed by atoms with E-state index in [0.717, 1.165) is 0 Å². The second-order valence-corrected chi connectivity index (χ2v) is 1.88. The summed E-state index contributed by atoms with van der Waals surface area (Å²) in [6.07, 6.45) is 0. The molecule has 1 aromatic carbocycles. The Morgan fingerprint density at radius 2 is 2.00 bits per heavy atom. The predicted octanol–water partition coefficient (Wildman–Crippen LogP) is 1.000. The Bertz CT molecular complexity index is 277. The van der Waals surface area contributed by atoms with Crippen molar-refractivity contribution in [3.63, 3.8) is 0 Å². The molecule has 0 saturated carbocycles. The number of benzene rings is 1. The average Bonchev–Trinajstić information content (AvgIpc) is 2.04. The summed E-state index contributed by atoms with van der Waals surface area (Å²) in [5.74, 6) is -1.49. The molecule has 0 radical (unpaired) electrons. The molecule has 0 fully saturated rings. The summed E-state index contributed by atoms with van der Waals surface area (Å²) >= 11 is 0. The van der Waals surface area contributed by atoms with Gasteiger partial charge in [0.15, 0.2) is 5.75 Å². The number of carbonyl (C=O) groups is 1. The van der Waals surface area contributed by atoms with Crippen LogP contribution in [-0.4, -0.2) is 29.9 Å². The van der Waals surface area contributed by atoms with Crippen LogP contribution in [-0.2, 0) is 0 Å². The number of carboxylic acids is 1. The normalized spacial score (nSPS) is 8.42. The summed E-state index contributed by atoms with van der Waals surface area (Å²) in [5.41, 5.74) is -0.185.